The zero-order valence-electron chi connectivity index (χ0n) is 6.89. The molecule has 1 heterocycles. The van der Waals surface area contributed by atoms with Crippen LogP contribution in [0.15, 0.2) is 11.6 Å². The molecule has 2 nitrogen and oxygen atoms in total. The Morgan fingerprint density at radius 2 is 2.33 bits per heavy atom. The summed E-state index contributed by atoms with van der Waals surface area (Å²) in [6, 6.07) is 0. The standard InChI is InChI=1S/C8H11F2NO/c1-6-2-4-11(5-3-6)8(12)7(9)10/h2,7H,3-5H2,1H3. The van der Waals surface area contributed by atoms with E-state index in [-0.39, 0.29) is 0 Å². The molecule has 0 aromatic rings. The first-order chi connectivity index (χ1) is 5.61. The Hall–Kier alpha value is -0.930. The predicted molar refractivity (Wildman–Crippen MR) is 41.0 cm³/mol. The number of halogens is 2. The van der Waals surface area contributed by atoms with Crippen molar-refractivity contribution < 1.29 is 13.6 Å². The molecule has 1 aliphatic rings. The SMILES string of the molecule is CC1=CCN(C(=O)C(F)F)CC1. The molecule has 0 radical (unpaired) electrons. The van der Waals surface area contributed by atoms with E-state index >= 15 is 0 Å². The smallest absolute Gasteiger partial charge is 0.315 e. The van der Waals surface area contributed by atoms with Crippen LogP contribution in [0, 0.1) is 0 Å². The third-order valence-corrected chi connectivity index (χ3v) is 1.93. The van der Waals surface area contributed by atoms with Crippen molar-refractivity contribution in [3.05, 3.63) is 11.6 Å². The van der Waals surface area contributed by atoms with Gasteiger partial charge < -0.3 is 4.90 Å². The van der Waals surface area contributed by atoms with Gasteiger partial charge in [-0.3, -0.25) is 4.79 Å². The Morgan fingerprint density at radius 3 is 2.75 bits per heavy atom. The molecule has 0 unspecified atom stereocenters. The molecule has 0 aromatic carbocycles. The number of alkyl halides is 2. The fraction of sp³-hybridized carbons (Fsp3) is 0.625. The molecule has 0 saturated heterocycles. The maximum atomic E-state index is 11.9. The van der Waals surface area contributed by atoms with Crippen LogP contribution in [-0.2, 0) is 4.79 Å². The third kappa shape index (κ3) is 2.03. The number of nitrogens with zero attached hydrogens (tertiary/aromatic N) is 1. The van der Waals surface area contributed by atoms with E-state index in [9.17, 15) is 13.6 Å². The summed E-state index contributed by atoms with van der Waals surface area (Å²) < 4.78 is 23.8. The van der Waals surface area contributed by atoms with E-state index in [2.05, 4.69) is 0 Å². The summed E-state index contributed by atoms with van der Waals surface area (Å²) in [4.78, 5) is 11.9. The first-order valence-electron chi connectivity index (χ1n) is 3.84. The molecule has 0 aromatic heterocycles. The van der Waals surface area contributed by atoms with Crippen molar-refractivity contribution in [2.45, 2.75) is 19.8 Å². The van der Waals surface area contributed by atoms with Gasteiger partial charge >= 0.3 is 6.43 Å². The van der Waals surface area contributed by atoms with Crippen LogP contribution in [0.25, 0.3) is 0 Å². The summed E-state index contributed by atoms with van der Waals surface area (Å²) in [6.45, 7) is 2.69. The zero-order chi connectivity index (χ0) is 9.14. The zero-order valence-corrected chi connectivity index (χ0v) is 6.89. The van der Waals surface area contributed by atoms with Crippen molar-refractivity contribution in [2.75, 3.05) is 13.1 Å². The Morgan fingerprint density at radius 1 is 1.67 bits per heavy atom. The van der Waals surface area contributed by atoms with Crippen molar-refractivity contribution in [3.63, 3.8) is 0 Å². The van der Waals surface area contributed by atoms with Gasteiger partial charge in [0.15, 0.2) is 0 Å². The molecule has 4 heteroatoms. The van der Waals surface area contributed by atoms with E-state index in [0.717, 1.165) is 5.57 Å². The van der Waals surface area contributed by atoms with Gasteiger partial charge in [-0.15, -0.1) is 0 Å². The molecular formula is C8H11F2NO. The van der Waals surface area contributed by atoms with Gasteiger partial charge in [0.1, 0.15) is 0 Å². The van der Waals surface area contributed by atoms with E-state index in [0.29, 0.717) is 19.5 Å². The first kappa shape index (κ1) is 9.16. The Balaban J connectivity index is 2.51. The van der Waals surface area contributed by atoms with Crippen molar-refractivity contribution in [1.82, 2.24) is 4.90 Å². The molecule has 0 atom stereocenters. The molecule has 1 amide bonds. The second-order valence-corrected chi connectivity index (χ2v) is 2.89. The van der Waals surface area contributed by atoms with Gasteiger partial charge in [-0.05, 0) is 13.3 Å². The summed E-state index contributed by atoms with van der Waals surface area (Å²) in [6.07, 6.45) is -0.348. The van der Waals surface area contributed by atoms with Crippen molar-refractivity contribution >= 4 is 5.91 Å². The molecule has 1 aliphatic heterocycles. The van der Waals surface area contributed by atoms with Crippen LogP contribution in [0.5, 0.6) is 0 Å². The summed E-state index contributed by atoms with van der Waals surface area (Å²) in [5.41, 5.74) is 1.16. The number of hydrogen-bond acceptors (Lipinski definition) is 1. The molecule has 0 N–H and O–H groups in total. The maximum absolute atomic E-state index is 11.9. The quantitative estimate of drug-likeness (QED) is 0.552. The fourth-order valence-corrected chi connectivity index (χ4v) is 1.11. The first-order valence-corrected chi connectivity index (χ1v) is 3.84. The highest BCUT2D eigenvalue weighted by molar-refractivity contribution is 5.79. The van der Waals surface area contributed by atoms with Crippen LogP contribution in [0.4, 0.5) is 8.78 Å². The van der Waals surface area contributed by atoms with E-state index in [4.69, 9.17) is 0 Å². The Bertz CT molecular complexity index is 213. The van der Waals surface area contributed by atoms with E-state index in [1.165, 1.54) is 4.90 Å². The van der Waals surface area contributed by atoms with Crippen LogP contribution in [0.1, 0.15) is 13.3 Å². The van der Waals surface area contributed by atoms with Gasteiger partial charge in [0.05, 0.1) is 0 Å². The van der Waals surface area contributed by atoms with E-state index < -0.39 is 12.3 Å². The molecule has 1 rings (SSSR count). The largest absolute Gasteiger partial charge is 0.334 e. The molecule has 0 bridgehead atoms. The van der Waals surface area contributed by atoms with Crippen molar-refractivity contribution in [2.24, 2.45) is 0 Å². The van der Waals surface area contributed by atoms with Gasteiger partial charge in [0.2, 0.25) is 0 Å². The lowest BCUT2D eigenvalue weighted by Crippen LogP contribution is -2.38. The molecule has 0 saturated carbocycles. The molecule has 0 fully saturated rings. The Labute approximate surface area is 69.9 Å². The van der Waals surface area contributed by atoms with Crippen LogP contribution in [0.3, 0.4) is 0 Å². The number of carbonyl (C=O) groups is 1. The second-order valence-electron chi connectivity index (χ2n) is 2.89. The van der Waals surface area contributed by atoms with Gasteiger partial charge in [0.25, 0.3) is 5.91 Å². The summed E-state index contributed by atoms with van der Waals surface area (Å²) in [5, 5.41) is 0. The van der Waals surface area contributed by atoms with Crippen molar-refractivity contribution in [3.8, 4) is 0 Å². The lowest BCUT2D eigenvalue weighted by molar-refractivity contribution is -0.142. The average molecular weight is 175 g/mol. The highest BCUT2D eigenvalue weighted by Gasteiger charge is 2.23. The normalized spacial score (nSPS) is 18.0. The van der Waals surface area contributed by atoms with Crippen molar-refractivity contribution in [1.29, 1.82) is 0 Å². The van der Waals surface area contributed by atoms with Gasteiger partial charge in [0, 0.05) is 13.1 Å². The highest BCUT2D eigenvalue weighted by atomic mass is 19.3. The Kier molecular flexibility index (Phi) is 2.78. The molecule has 12 heavy (non-hydrogen) atoms. The minimum absolute atomic E-state index is 0.328. The molecule has 0 spiro atoms. The van der Waals surface area contributed by atoms with Crippen LogP contribution in [0.2, 0.25) is 0 Å². The van der Waals surface area contributed by atoms with E-state index in [1.54, 1.807) is 0 Å². The minimum Gasteiger partial charge on any atom is -0.334 e. The predicted octanol–water partition coefficient (Wildman–Crippen LogP) is 1.43. The lowest BCUT2D eigenvalue weighted by atomic mass is 10.1. The monoisotopic (exact) mass is 175 g/mol. The van der Waals surface area contributed by atoms with Crippen LogP contribution >= 0.6 is 0 Å². The molecule has 68 valence electrons. The van der Waals surface area contributed by atoms with Gasteiger partial charge in [-0.25, -0.2) is 0 Å². The van der Waals surface area contributed by atoms with Gasteiger partial charge in [-0.2, -0.15) is 8.78 Å². The number of hydrogen-bond donors (Lipinski definition) is 0. The van der Waals surface area contributed by atoms with Gasteiger partial charge in [-0.1, -0.05) is 11.6 Å². The molecular weight excluding hydrogens is 164 g/mol. The van der Waals surface area contributed by atoms with E-state index in [1.807, 2.05) is 13.0 Å². The summed E-state index contributed by atoms with van der Waals surface area (Å²) >= 11 is 0. The third-order valence-electron chi connectivity index (χ3n) is 1.93. The number of amides is 1. The average Bonchev–Trinajstić information content (AvgIpc) is 2.04. The van der Waals surface area contributed by atoms with Crippen LogP contribution in [-0.4, -0.2) is 30.3 Å². The topological polar surface area (TPSA) is 20.3 Å². The minimum atomic E-state index is -2.86. The molecule has 0 aliphatic carbocycles. The number of rotatable bonds is 1. The summed E-state index contributed by atoms with van der Waals surface area (Å²) in [5.74, 6) is -1.06. The lowest BCUT2D eigenvalue weighted by Gasteiger charge is -2.24. The second kappa shape index (κ2) is 3.65. The summed E-state index contributed by atoms with van der Waals surface area (Å²) in [7, 11) is 0. The highest BCUT2D eigenvalue weighted by Crippen LogP contribution is 2.11. The number of carbonyl (C=O) groups excluding carboxylic acids is 1. The fourth-order valence-electron chi connectivity index (χ4n) is 1.11. The van der Waals surface area contributed by atoms with Crippen LogP contribution < -0.4 is 0 Å². The maximum Gasteiger partial charge on any atom is 0.315 e.